The van der Waals surface area contributed by atoms with Gasteiger partial charge in [-0.05, 0) is 85.0 Å². The van der Waals surface area contributed by atoms with Crippen molar-refractivity contribution in [2.45, 2.75) is 25.9 Å². The molecule has 0 spiro atoms. The van der Waals surface area contributed by atoms with Gasteiger partial charge in [0.25, 0.3) is 0 Å². The Labute approximate surface area is 184 Å². The Morgan fingerprint density at radius 1 is 0.688 bits per heavy atom. The summed E-state index contributed by atoms with van der Waals surface area (Å²) in [4.78, 5) is 0. The average molecular weight is 440 g/mol. The lowest BCUT2D eigenvalue weighted by atomic mass is 9.98. The van der Waals surface area contributed by atoms with E-state index in [2.05, 4.69) is 27.4 Å². The van der Waals surface area contributed by atoms with E-state index in [0.717, 1.165) is 30.7 Å². The van der Waals surface area contributed by atoms with Gasteiger partial charge in [-0.2, -0.15) is 33.6 Å². The summed E-state index contributed by atoms with van der Waals surface area (Å²) in [6.07, 6.45) is -2.69. The van der Waals surface area contributed by atoms with E-state index in [9.17, 15) is 13.2 Å². The second kappa shape index (κ2) is 10.8. The second-order valence-corrected chi connectivity index (χ2v) is 7.45. The largest absolute Gasteiger partial charge is 0.416 e. The van der Waals surface area contributed by atoms with Crippen molar-refractivity contribution in [3.05, 3.63) is 83.9 Å². The highest BCUT2D eigenvalue weighted by atomic mass is 19.4. The molecule has 3 rings (SSSR count). The van der Waals surface area contributed by atoms with E-state index in [-0.39, 0.29) is 6.61 Å². The lowest BCUT2D eigenvalue weighted by molar-refractivity contribution is -0.137. The summed E-state index contributed by atoms with van der Waals surface area (Å²) in [6, 6.07) is 19.2. The van der Waals surface area contributed by atoms with Crippen LogP contribution >= 0.6 is 0 Å². The Morgan fingerprint density at radius 2 is 1.06 bits per heavy atom. The number of hydrogen-bond acceptors (Lipinski definition) is 5. The number of benzene rings is 3. The maximum Gasteiger partial charge on any atom is 0.416 e. The first-order valence-corrected chi connectivity index (χ1v) is 10.1. The quantitative estimate of drug-likeness (QED) is 0.353. The fraction of sp³-hybridized carbons (Fsp3) is 0.250. The number of rotatable bonds is 8. The van der Waals surface area contributed by atoms with E-state index in [0.29, 0.717) is 23.0 Å². The molecule has 1 N–H and O–H groups in total. The van der Waals surface area contributed by atoms with E-state index in [1.807, 2.05) is 24.3 Å². The summed E-state index contributed by atoms with van der Waals surface area (Å²) in [6.45, 7) is 2.30. The van der Waals surface area contributed by atoms with Crippen LogP contribution < -0.4 is 0 Å². The van der Waals surface area contributed by atoms with Crippen LogP contribution in [0.4, 0.5) is 35.9 Å². The van der Waals surface area contributed by atoms with Crippen molar-refractivity contribution in [1.29, 1.82) is 0 Å². The highest BCUT2D eigenvalue weighted by molar-refractivity contribution is 5.48. The zero-order valence-corrected chi connectivity index (χ0v) is 17.5. The van der Waals surface area contributed by atoms with Crippen LogP contribution in [-0.2, 0) is 12.6 Å². The van der Waals surface area contributed by atoms with Crippen LogP contribution in [0.2, 0.25) is 0 Å². The minimum atomic E-state index is -4.37. The third-order valence-corrected chi connectivity index (χ3v) is 4.75. The third-order valence-electron chi connectivity index (χ3n) is 4.75. The molecule has 0 aliphatic carbocycles. The van der Waals surface area contributed by atoms with Crippen molar-refractivity contribution in [2.75, 3.05) is 6.61 Å². The molecule has 0 saturated carbocycles. The Hall–Kier alpha value is -3.39. The van der Waals surface area contributed by atoms with Gasteiger partial charge >= 0.3 is 6.18 Å². The Kier molecular flexibility index (Phi) is 7.83. The van der Waals surface area contributed by atoms with Gasteiger partial charge in [0, 0.05) is 6.61 Å². The smallest absolute Gasteiger partial charge is 0.396 e. The highest BCUT2D eigenvalue weighted by Crippen LogP contribution is 2.31. The van der Waals surface area contributed by atoms with Crippen LogP contribution in [0.1, 0.15) is 24.5 Å². The molecule has 0 aromatic heterocycles. The number of halogens is 3. The minimum absolute atomic E-state index is 0.197. The normalized spacial score (nSPS) is 13.2. The molecule has 3 aromatic rings. The first-order chi connectivity index (χ1) is 15.3. The second-order valence-electron chi connectivity index (χ2n) is 7.45. The predicted molar refractivity (Wildman–Crippen MR) is 117 cm³/mol. The monoisotopic (exact) mass is 440 g/mol. The van der Waals surface area contributed by atoms with E-state index in [1.165, 1.54) is 17.7 Å². The number of azo groups is 2. The zero-order chi connectivity index (χ0) is 23.0. The van der Waals surface area contributed by atoms with E-state index < -0.39 is 11.7 Å². The Bertz CT molecular complexity index is 1040. The SMILES string of the molecule is CC(CCO)Cc1ccc(N=Nc2ccc(N=Nc3ccc(C(F)(F)F)cc3)cc2)cc1. The number of aliphatic hydroxyl groups is 1. The number of aliphatic hydroxyl groups excluding tert-OH is 1. The Balaban J connectivity index is 1.57. The number of hydrogen-bond donors (Lipinski definition) is 1. The average Bonchev–Trinajstić information content (AvgIpc) is 2.78. The molecular weight excluding hydrogens is 417 g/mol. The third kappa shape index (κ3) is 7.09. The van der Waals surface area contributed by atoms with Gasteiger partial charge in [-0.1, -0.05) is 19.1 Å². The number of alkyl halides is 3. The van der Waals surface area contributed by atoms with Crippen LogP contribution in [0.3, 0.4) is 0 Å². The summed E-state index contributed by atoms with van der Waals surface area (Å²) in [5.74, 6) is 0.419. The summed E-state index contributed by atoms with van der Waals surface area (Å²) < 4.78 is 37.8. The van der Waals surface area contributed by atoms with Crippen molar-refractivity contribution in [2.24, 2.45) is 26.4 Å². The molecule has 0 aliphatic rings. The molecule has 0 aliphatic heterocycles. The van der Waals surface area contributed by atoms with Gasteiger partial charge < -0.3 is 5.11 Å². The molecule has 0 heterocycles. The van der Waals surface area contributed by atoms with Crippen molar-refractivity contribution in [1.82, 2.24) is 0 Å². The molecule has 0 radical (unpaired) electrons. The molecule has 0 fully saturated rings. The van der Waals surface area contributed by atoms with Gasteiger partial charge in [0.15, 0.2) is 0 Å². The van der Waals surface area contributed by atoms with E-state index >= 15 is 0 Å². The van der Waals surface area contributed by atoms with Gasteiger partial charge in [0.1, 0.15) is 0 Å². The van der Waals surface area contributed by atoms with Crippen LogP contribution in [0.15, 0.2) is 93.3 Å². The topological polar surface area (TPSA) is 69.7 Å². The lowest BCUT2D eigenvalue weighted by Gasteiger charge is -2.09. The molecule has 1 unspecified atom stereocenters. The van der Waals surface area contributed by atoms with Gasteiger partial charge in [0.05, 0.1) is 28.3 Å². The predicted octanol–water partition coefficient (Wildman–Crippen LogP) is 8.10. The molecule has 5 nitrogen and oxygen atoms in total. The summed E-state index contributed by atoms with van der Waals surface area (Å²) >= 11 is 0. The molecule has 0 bridgehead atoms. The molecule has 1 atom stereocenters. The number of nitrogens with zero attached hydrogens (tertiary/aromatic N) is 4. The maximum absolute atomic E-state index is 12.6. The van der Waals surface area contributed by atoms with Crippen LogP contribution in [0.25, 0.3) is 0 Å². The lowest BCUT2D eigenvalue weighted by Crippen LogP contribution is -2.03. The molecule has 166 valence electrons. The zero-order valence-electron chi connectivity index (χ0n) is 17.5. The molecule has 8 heteroatoms. The summed E-state index contributed by atoms with van der Waals surface area (Å²) in [5, 5.41) is 25.4. The fourth-order valence-corrected chi connectivity index (χ4v) is 2.96. The first-order valence-electron chi connectivity index (χ1n) is 10.1. The van der Waals surface area contributed by atoms with Gasteiger partial charge in [0.2, 0.25) is 0 Å². The van der Waals surface area contributed by atoms with Gasteiger partial charge in [-0.3, -0.25) is 0 Å². The Morgan fingerprint density at radius 3 is 1.44 bits per heavy atom. The molecule has 32 heavy (non-hydrogen) atoms. The van der Waals surface area contributed by atoms with Crippen molar-refractivity contribution < 1.29 is 18.3 Å². The van der Waals surface area contributed by atoms with E-state index in [1.54, 1.807) is 24.3 Å². The molecule has 3 aromatic carbocycles. The van der Waals surface area contributed by atoms with Crippen molar-refractivity contribution >= 4 is 22.7 Å². The van der Waals surface area contributed by atoms with Gasteiger partial charge in [-0.25, -0.2) is 0 Å². The van der Waals surface area contributed by atoms with Crippen LogP contribution in [-0.4, -0.2) is 11.7 Å². The van der Waals surface area contributed by atoms with Gasteiger partial charge in [-0.15, -0.1) is 0 Å². The summed E-state index contributed by atoms with van der Waals surface area (Å²) in [5.41, 5.74) is 2.71. The first kappa shape index (κ1) is 23.3. The fourth-order valence-electron chi connectivity index (χ4n) is 2.96. The molecule has 0 saturated heterocycles. The molecular formula is C24H23F3N4O. The standard InChI is InChI=1S/C24H23F3N4O/c1-17(14-15-32)16-18-2-6-20(7-3-18)28-30-22-10-12-23(13-11-22)31-29-21-8-4-19(5-9-21)24(25,26)27/h2-13,17,32H,14-16H2,1H3. The van der Waals surface area contributed by atoms with Crippen LogP contribution in [0, 0.1) is 5.92 Å². The van der Waals surface area contributed by atoms with Crippen LogP contribution in [0.5, 0.6) is 0 Å². The maximum atomic E-state index is 12.6. The molecule has 0 amide bonds. The minimum Gasteiger partial charge on any atom is -0.396 e. The van der Waals surface area contributed by atoms with E-state index in [4.69, 9.17) is 5.11 Å². The highest BCUT2D eigenvalue weighted by Gasteiger charge is 2.29. The van der Waals surface area contributed by atoms with Crippen molar-refractivity contribution in [3.63, 3.8) is 0 Å². The summed E-state index contributed by atoms with van der Waals surface area (Å²) in [7, 11) is 0. The van der Waals surface area contributed by atoms with Crippen molar-refractivity contribution in [3.8, 4) is 0 Å².